The predicted molar refractivity (Wildman–Crippen MR) is 112 cm³/mol. The minimum absolute atomic E-state index is 0.827. The second kappa shape index (κ2) is 12.3. The fourth-order valence-electron chi connectivity index (χ4n) is 4.32. The van der Waals surface area contributed by atoms with Gasteiger partial charge < -0.3 is 4.90 Å². The van der Waals surface area contributed by atoms with Crippen LogP contribution in [0.2, 0.25) is 0 Å². The molecule has 2 aliphatic carbocycles. The van der Waals surface area contributed by atoms with Crippen molar-refractivity contribution in [2.75, 3.05) is 20.6 Å². The maximum absolute atomic E-state index is 2.42. The molecule has 0 N–H and O–H groups in total. The molecule has 0 aromatic rings. The van der Waals surface area contributed by atoms with Crippen LogP contribution < -0.4 is 0 Å². The Kier molecular flexibility index (Phi) is 12.3. The summed E-state index contributed by atoms with van der Waals surface area (Å²) in [5.74, 6) is 3.84. The van der Waals surface area contributed by atoms with Crippen LogP contribution in [0.5, 0.6) is 0 Å². The van der Waals surface area contributed by atoms with Crippen LogP contribution in [-0.4, -0.2) is 25.5 Å². The molecule has 146 valence electrons. The van der Waals surface area contributed by atoms with Gasteiger partial charge in [0.25, 0.3) is 0 Å². The van der Waals surface area contributed by atoms with Gasteiger partial charge in [0, 0.05) is 0 Å². The Morgan fingerprint density at radius 3 is 1.79 bits per heavy atom. The van der Waals surface area contributed by atoms with Gasteiger partial charge in [0.2, 0.25) is 0 Å². The van der Waals surface area contributed by atoms with Crippen LogP contribution in [0.4, 0.5) is 0 Å². The Morgan fingerprint density at radius 2 is 1.50 bits per heavy atom. The standard InChI is InChI=1S/C14H27N.C7H16.C2H6/c1-12-10-14(11-12)7-4-13(5-8-14)6-9-15(2)3;1-5-7(4)6(2)3;1-2/h12-13H,4-11H2,1-3H3;6-7H,5H2,1-4H3;1-2H3. The van der Waals surface area contributed by atoms with Gasteiger partial charge in [0.05, 0.1) is 0 Å². The normalized spacial score (nSPS) is 30.1. The summed E-state index contributed by atoms with van der Waals surface area (Å²) < 4.78 is 0. The Labute approximate surface area is 155 Å². The van der Waals surface area contributed by atoms with Gasteiger partial charge in [-0.25, -0.2) is 0 Å². The SMILES string of the molecule is CC.CC1CC2(CCC(CCN(C)C)CC2)C1.CCC(C)C(C)C. The molecule has 0 saturated heterocycles. The van der Waals surface area contributed by atoms with E-state index in [0.717, 1.165) is 29.1 Å². The number of nitrogens with zero attached hydrogens (tertiary/aromatic N) is 1. The molecule has 0 amide bonds. The molecule has 1 unspecified atom stereocenters. The number of rotatable bonds is 5. The summed E-state index contributed by atoms with van der Waals surface area (Å²) in [5, 5.41) is 0. The Morgan fingerprint density at radius 1 is 1.00 bits per heavy atom. The maximum Gasteiger partial charge on any atom is -0.00222 e. The molecule has 24 heavy (non-hydrogen) atoms. The van der Waals surface area contributed by atoms with Crippen molar-refractivity contribution >= 4 is 0 Å². The first-order valence-corrected chi connectivity index (χ1v) is 10.9. The number of hydrogen-bond donors (Lipinski definition) is 0. The predicted octanol–water partition coefficient (Wildman–Crippen LogP) is 7.26. The Bertz CT molecular complexity index is 278. The van der Waals surface area contributed by atoms with Crippen LogP contribution in [0, 0.1) is 29.1 Å². The zero-order valence-electron chi connectivity index (χ0n) is 18.6. The van der Waals surface area contributed by atoms with Crippen LogP contribution >= 0.6 is 0 Å². The molecule has 0 aromatic heterocycles. The van der Waals surface area contributed by atoms with Gasteiger partial charge in [-0.1, -0.05) is 54.9 Å². The van der Waals surface area contributed by atoms with E-state index in [4.69, 9.17) is 0 Å². The molecular formula is C23H49N. The van der Waals surface area contributed by atoms with Crippen molar-refractivity contribution in [3.05, 3.63) is 0 Å². The molecule has 2 saturated carbocycles. The van der Waals surface area contributed by atoms with Crippen molar-refractivity contribution in [3.63, 3.8) is 0 Å². The van der Waals surface area contributed by atoms with Gasteiger partial charge in [0.15, 0.2) is 0 Å². The molecule has 0 radical (unpaired) electrons. The summed E-state index contributed by atoms with van der Waals surface area (Å²) in [6.07, 6.45) is 11.9. The average Bonchev–Trinajstić information content (AvgIpc) is 2.54. The first-order chi connectivity index (χ1) is 11.3. The van der Waals surface area contributed by atoms with E-state index < -0.39 is 0 Å². The lowest BCUT2D eigenvalue weighted by Gasteiger charge is -2.51. The third-order valence-corrected chi connectivity index (χ3v) is 6.50. The quantitative estimate of drug-likeness (QED) is 0.509. The zero-order valence-corrected chi connectivity index (χ0v) is 18.6. The third kappa shape index (κ3) is 8.88. The van der Waals surface area contributed by atoms with E-state index in [9.17, 15) is 0 Å². The fourth-order valence-corrected chi connectivity index (χ4v) is 4.32. The van der Waals surface area contributed by atoms with E-state index in [-0.39, 0.29) is 0 Å². The van der Waals surface area contributed by atoms with Crippen molar-refractivity contribution in [2.24, 2.45) is 29.1 Å². The van der Waals surface area contributed by atoms with E-state index in [1.54, 1.807) is 0 Å². The molecular weight excluding hydrogens is 290 g/mol. The zero-order chi connectivity index (χ0) is 18.8. The monoisotopic (exact) mass is 339 g/mol. The Balaban J connectivity index is 0.000000501. The van der Waals surface area contributed by atoms with Gasteiger partial charge in [-0.3, -0.25) is 0 Å². The first kappa shape index (κ1) is 24.0. The van der Waals surface area contributed by atoms with E-state index >= 15 is 0 Å². The minimum Gasteiger partial charge on any atom is -0.309 e. The molecule has 2 fully saturated rings. The van der Waals surface area contributed by atoms with Gasteiger partial charge in [-0.2, -0.15) is 0 Å². The highest BCUT2D eigenvalue weighted by atomic mass is 15.0. The highest BCUT2D eigenvalue weighted by Gasteiger charge is 2.43. The van der Waals surface area contributed by atoms with Crippen LogP contribution in [0.25, 0.3) is 0 Å². The number of hydrogen-bond acceptors (Lipinski definition) is 1. The minimum atomic E-state index is 0.827. The van der Waals surface area contributed by atoms with Crippen LogP contribution in [0.15, 0.2) is 0 Å². The summed E-state index contributed by atoms with van der Waals surface area (Å²) in [4.78, 5) is 2.33. The fraction of sp³-hybridized carbons (Fsp3) is 1.00. The van der Waals surface area contributed by atoms with Gasteiger partial charge in [-0.05, 0) is 94.7 Å². The Hall–Kier alpha value is -0.0400. The maximum atomic E-state index is 2.42. The summed E-state index contributed by atoms with van der Waals surface area (Å²) in [6, 6.07) is 0. The molecule has 1 heteroatoms. The molecule has 2 rings (SSSR count). The molecule has 0 aromatic carbocycles. The van der Waals surface area contributed by atoms with Gasteiger partial charge in [-0.15, -0.1) is 0 Å². The van der Waals surface area contributed by atoms with Crippen molar-refractivity contribution in [1.29, 1.82) is 0 Å². The molecule has 1 nitrogen and oxygen atoms in total. The van der Waals surface area contributed by atoms with Gasteiger partial charge >= 0.3 is 0 Å². The average molecular weight is 340 g/mol. The molecule has 0 heterocycles. The van der Waals surface area contributed by atoms with Crippen molar-refractivity contribution in [1.82, 2.24) is 4.90 Å². The van der Waals surface area contributed by atoms with E-state index in [1.807, 2.05) is 13.8 Å². The summed E-state index contributed by atoms with van der Waals surface area (Å²) >= 11 is 0. The lowest BCUT2D eigenvalue weighted by Crippen LogP contribution is -2.39. The highest BCUT2D eigenvalue weighted by molar-refractivity contribution is 4.95. The lowest BCUT2D eigenvalue weighted by atomic mass is 9.55. The summed E-state index contributed by atoms with van der Waals surface area (Å²) in [7, 11) is 4.38. The van der Waals surface area contributed by atoms with Crippen molar-refractivity contribution in [2.45, 2.75) is 99.8 Å². The largest absolute Gasteiger partial charge is 0.309 e. The smallest absolute Gasteiger partial charge is 0.00222 e. The van der Waals surface area contributed by atoms with E-state index in [2.05, 4.69) is 53.6 Å². The molecule has 1 atom stereocenters. The molecule has 0 aliphatic heterocycles. The topological polar surface area (TPSA) is 3.24 Å². The molecule has 1 spiro atoms. The second-order valence-electron chi connectivity index (χ2n) is 9.18. The van der Waals surface area contributed by atoms with Crippen molar-refractivity contribution < 1.29 is 0 Å². The molecule has 2 aliphatic rings. The summed E-state index contributed by atoms with van der Waals surface area (Å²) in [6.45, 7) is 16.8. The first-order valence-electron chi connectivity index (χ1n) is 10.9. The van der Waals surface area contributed by atoms with Crippen LogP contribution in [0.3, 0.4) is 0 Å². The van der Waals surface area contributed by atoms with Gasteiger partial charge in [0.1, 0.15) is 0 Å². The van der Waals surface area contributed by atoms with Crippen LogP contribution in [-0.2, 0) is 0 Å². The lowest BCUT2D eigenvalue weighted by molar-refractivity contribution is 0.00663. The highest BCUT2D eigenvalue weighted by Crippen LogP contribution is 2.55. The summed E-state index contributed by atoms with van der Waals surface area (Å²) in [5.41, 5.74) is 0.827. The van der Waals surface area contributed by atoms with E-state index in [0.29, 0.717) is 0 Å². The van der Waals surface area contributed by atoms with E-state index in [1.165, 1.54) is 57.9 Å². The second-order valence-corrected chi connectivity index (χ2v) is 9.18. The molecule has 0 bridgehead atoms. The van der Waals surface area contributed by atoms with Crippen LogP contribution in [0.1, 0.15) is 99.8 Å². The van der Waals surface area contributed by atoms with Crippen molar-refractivity contribution in [3.8, 4) is 0 Å². The third-order valence-electron chi connectivity index (χ3n) is 6.50.